The summed E-state index contributed by atoms with van der Waals surface area (Å²) in [7, 11) is 0. The highest BCUT2D eigenvalue weighted by Gasteiger charge is 2.16. The number of aryl methyl sites for hydroxylation is 1. The molecular weight excluding hydrogens is 302 g/mol. The molecule has 0 N–H and O–H groups in total. The van der Waals surface area contributed by atoms with E-state index in [4.69, 9.17) is 9.47 Å². The van der Waals surface area contributed by atoms with Crippen LogP contribution in [0.2, 0.25) is 0 Å². The maximum absolute atomic E-state index is 12.4. The van der Waals surface area contributed by atoms with Crippen LogP contribution in [-0.4, -0.2) is 11.0 Å². The van der Waals surface area contributed by atoms with E-state index in [1.807, 2.05) is 49.4 Å². The molecule has 3 aromatic rings. The van der Waals surface area contributed by atoms with Crippen molar-refractivity contribution in [2.24, 2.45) is 0 Å². The summed E-state index contributed by atoms with van der Waals surface area (Å²) in [5.41, 5.74) is 2.37. The molecule has 1 aromatic heterocycles. The van der Waals surface area contributed by atoms with E-state index in [0.29, 0.717) is 11.3 Å². The Bertz CT molecular complexity index is 831. The first-order valence-corrected chi connectivity index (χ1v) is 7.63. The lowest BCUT2D eigenvalue weighted by molar-refractivity contribution is 0.0469. The Morgan fingerprint density at radius 2 is 1.83 bits per heavy atom. The summed E-state index contributed by atoms with van der Waals surface area (Å²) >= 11 is 0. The lowest BCUT2D eigenvalue weighted by Crippen LogP contribution is -2.08. The molecule has 0 aliphatic carbocycles. The molecule has 0 aliphatic heterocycles. The van der Waals surface area contributed by atoms with E-state index < -0.39 is 5.97 Å². The van der Waals surface area contributed by atoms with Crippen LogP contribution in [0.25, 0.3) is 0 Å². The van der Waals surface area contributed by atoms with Crippen LogP contribution in [0.3, 0.4) is 0 Å². The fourth-order valence-corrected chi connectivity index (χ4v) is 2.26. The Hall–Kier alpha value is -3.14. The Labute approximate surface area is 140 Å². The first kappa shape index (κ1) is 15.7. The van der Waals surface area contributed by atoms with Gasteiger partial charge in [0.1, 0.15) is 17.9 Å². The molecule has 0 saturated carbocycles. The lowest BCUT2D eigenvalue weighted by Gasteiger charge is -2.10. The number of para-hydroxylation sites is 1. The molecule has 24 heavy (non-hydrogen) atoms. The smallest absolute Gasteiger partial charge is 0.344 e. The van der Waals surface area contributed by atoms with E-state index in [1.165, 1.54) is 0 Å². The number of rotatable bonds is 5. The fraction of sp³-hybridized carbons (Fsp3) is 0.100. The maximum atomic E-state index is 12.4. The van der Waals surface area contributed by atoms with Crippen LogP contribution in [-0.2, 0) is 11.3 Å². The highest BCUT2D eigenvalue weighted by molar-refractivity contribution is 5.91. The Morgan fingerprint density at radius 1 is 1.00 bits per heavy atom. The van der Waals surface area contributed by atoms with Crippen molar-refractivity contribution in [2.75, 3.05) is 0 Å². The molecule has 0 unspecified atom stereocenters. The minimum absolute atomic E-state index is 0.209. The average molecular weight is 319 g/mol. The number of nitrogens with zero attached hydrogens (tertiary/aromatic N) is 1. The minimum Gasteiger partial charge on any atom is -0.457 e. The Balaban J connectivity index is 1.73. The van der Waals surface area contributed by atoms with Gasteiger partial charge < -0.3 is 9.47 Å². The number of hydrogen-bond donors (Lipinski definition) is 0. The Morgan fingerprint density at radius 3 is 2.62 bits per heavy atom. The molecule has 4 nitrogen and oxygen atoms in total. The van der Waals surface area contributed by atoms with Crippen molar-refractivity contribution in [1.82, 2.24) is 4.98 Å². The van der Waals surface area contributed by atoms with Gasteiger partial charge in [0.05, 0.1) is 0 Å². The number of esters is 1. The summed E-state index contributed by atoms with van der Waals surface area (Å²) in [5.74, 6) is 0.386. The molecule has 0 bridgehead atoms. The van der Waals surface area contributed by atoms with Gasteiger partial charge in [-0.25, -0.2) is 9.78 Å². The van der Waals surface area contributed by atoms with Crippen molar-refractivity contribution in [3.63, 3.8) is 0 Å². The molecule has 0 atom stereocenters. The summed E-state index contributed by atoms with van der Waals surface area (Å²) < 4.78 is 11.1. The van der Waals surface area contributed by atoms with Crippen molar-refractivity contribution < 1.29 is 14.3 Å². The van der Waals surface area contributed by atoms with E-state index in [0.717, 1.165) is 11.1 Å². The van der Waals surface area contributed by atoms with Crippen LogP contribution in [0.4, 0.5) is 0 Å². The molecule has 120 valence electrons. The zero-order chi connectivity index (χ0) is 16.8. The second kappa shape index (κ2) is 7.42. The van der Waals surface area contributed by atoms with Crippen molar-refractivity contribution >= 4 is 5.97 Å². The summed E-state index contributed by atoms with van der Waals surface area (Å²) in [6.07, 6.45) is 1.58. The molecular formula is C20H17NO3. The summed E-state index contributed by atoms with van der Waals surface area (Å²) in [6, 6.07) is 20.4. The molecule has 1 heterocycles. The normalized spacial score (nSPS) is 10.2. The van der Waals surface area contributed by atoms with Gasteiger partial charge in [0.25, 0.3) is 0 Å². The van der Waals surface area contributed by atoms with Gasteiger partial charge in [0.15, 0.2) is 0 Å². The second-order valence-electron chi connectivity index (χ2n) is 5.34. The number of pyridine rings is 1. The molecule has 0 spiro atoms. The number of hydrogen-bond acceptors (Lipinski definition) is 4. The number of carbonyl (C=O) groups excluding carboxylic acids is 1. The van der Waals surface area contributed by atoms with Crippen molar-refractivity contribution in [3.8, 4) is 11.6 Å². The van der Waals surface area contributed by atoms with Gasteiger partial charge in [0.2, 0.25) is 5.88 Å². The monoisotopic (exact) mass is 319 g/mol. The van der Waals surface area contributed by atoms with Gasteiger partial charge >= 0.3 is 5.97 Å². The number of ether oxygens (including phenoxy) is 2. The number of benzene rings is 2. The minimum atomic E-state index is -0.462. The molecule has 0 radical (unpaired) electrons. The zero-order valence-electron chi connectivity index (χ0n) is 13.3. The highest BCUT2D eigenvalue weighted by Crippen LogP contribution is 2.23. The molecule has 4 heteroatoms. The van der Waals surface area contributed by atoms with Gasteiger partial charge in [-0.2, -0.15) is 0 Å². The van der Waals surface area contributed by atoms with Crippen LogP contribution in [0.15, 0.2) is 72.9 Å². The third-order valence-electron chi connectivity index (χ3n) is 3.40. The van der Waals surface area contributed by atoms with Crippen LogP contribution in [0, 0.1) is 6.92 Å². The van der Waals surface area contributed by atoms with Gasteiger partial charge in [0, 0.05) is 6.20 Å². The molecule has 0 amide bonds. The third-order valence-corrected chi connectivity index (χ3v) is 3.40. The predicted molar refractivity (Wildman–Crippen MR) is 91.1 cm³/mol. The highest BCUT2D eigenvalue weighted by atomic mass is 16.5. The summed E-state index contributed by atoms with van der Waals surface area (Å²) in [5, 5.41) is 0. The maximum Gasteiger partial charge on any atom is 0.344 e. The van der Waals surface area contributed by atoms with Crippen LogP contribution in [0.5, 0.6) is 11.6 Å². The van der Waals surface area contributed by atoms with Crippen molar-refractivity contribution in [1.29, 1.82) is 0 Å². The van der Waals surface area contributed by atoms with E-state index in [2.05, 4.69) is 4.98 Å². The van der Waals surface area contributed by atoms with E-state index in [9.17, 15) is 4.79 Å². The number of carbonyl (C=O) groups is 1. The molecule has 3 rings (SSSR count). The van der Waals surface area contributed by atoms with Crippen LogP contribution < -0.4 is 4.74 Å². The largest absolute Gasteiger partial charge is 0.457 e. The first-order chi connectivity index (χ1) is 11.7. The predicted octanol–water partition coefficient (Wildman–Crippen LogP) is 4.54. The zero-order valence-corrected chi connectivity index (χ0v) is 13.3. The molecule has 2 aromatic carbocycles. The summed E-state index contributed by atoms with van der Waals surface area (Å²) in [4.78, 5) is 16.5. The van der Waals surface area contributed by atoms with Gasteiger partial charge in [-0.3, -0.25) is 0 Å². The number of aromatic nitrogens is 1. The second-order valence-corrected chi connectivity index (χ2v) is 5.34. The van der Waals surface area contributed by atoms with E-state index >= 15 is 0 Å². The van der Waals surface area contributed by atoms with Crippen molar-refractivity contribution in [2.45, 2.75) is 13.5 Å². The lowest BCUT2D eigenvalue weighted by atomic mass is 10.1. The van der Waals surface area contributed by atoms with E-state index in [-0.39, 0.29) is 12.5 Å². The Kier molecular flexibility index (Phi) is 4.87. The van der Waals surface area contributed by atoms with E-state index in [1.54, 1.807) is 30.5 Å². The quantitative estimate of drug-likeness (QED) is 0.648. The first-order valence-electron chi connectivity index (χ1n) is 7.63. The van der Waals surface area contributed by atoms with Crippen LogP contribution in [0.1, 0.15) is 21.5 Å². The average Bonchev–Trinajstić information content (AvgIpc) is 2.61. The fourth-order valence-electron chi connectivity index (χ4n) is 2.26. The van der Waals surface area contributed by atoms with Gasteiger partial charge in [-0.05, 0) is 36.8 Å². The van der Waals surface area contributed by atoms with Gasteiger partial charge in [-0.1, -0.05) is 48.0 Å². The van der Waals surface area contributed by atoms with Crippen LogP contribution >= 0.6 is 0 Å². The topological polar surface area (TPSA) is 48.4 Å². The molecule has 0 saturated heterocycles. The third kappa shape index (κ3) is 3.98. The van der Waals surface area contributed by atoms with Crippen molar-refractivity contribution in [3.05, 3.63) is 89.6 Å². The summed E-state index contributed by atoms with van der Waals surface area (Å²) in [6.45, 7) is 2.21. The SMILES string of the molecule is Cc1cccc(COC(=O)c2cccnc2Oc2ccccc2)c1. The molecule has 0 fully saturated rings. The molecule has 0 aliphatic rings. The van der Waals surface area contributed by atoms with Gasteiger partial charge in [-0.15, -0.1) is 0 Å². The standard InChI is InChI=1S/C20H17NO3/c1-15-7-5-8-16(13-15)14-23-20(22)18-11-6-12-21-19(18)24-17-9-3-2-4-10-17/h2-13H,14H2,1H3.